The van der Waals surface area contributed by atoms with Gasteiger partial charge in [-0.25, -0.2) is 29.0 Å². The van der Waals surface area contributed by atoms with Crippen molar-refractivity contribution < 1.29 is 13.2 Å². The number of sulfonamides is 1. The Balaban J connectivity index is 2.09. The van der Waals surface area contributed by atoms with Crippen LogP contribution in [0.5, 0.6) is 5.88 Å². The maximum Gasteiger partial charge on any atom is 0.241 e. The van der Waals surface area contributed by atoms with Crippen LogP contribution < -0.4 is 20.7 Å². The van der Waals surface area contributed by atoms with Crippen molar-refractivity contribution in [3.8, 4) is 5.88 Å². The summed E-state index contributed by atoms with van der Waals surface area (Å²) in [6, 6.07) is 6.12. The summed E-state index contributed by atoms with van der Waals surface area (Å²) in [6.45, 7) is 0.118. The Hall–Kier alpha value is -2.23. The zero-order chi connectivity index (χ0) is 15.3. The highest BCUT2D eigenvalue weighted by Crippen LogP contribution is 2.13. The number of methoxy groups -OCH3 is 1. The summed E-state index contributed by atoms with van der Waals surface area (Å²) in [7, 11) is -2.14. The average Bonchev–Trinajstić information content (AvgIpc) is 2.53. The molecule has 0 amide bonds. The Labute approximate surface area is 122 Å². The van der Waals surface area contributed by atoms with Gasteiger partial charge in [0.25, 0.3) is 0 Å². The van der Waals surface area contributed by atoms with Gasteiger partial charge in [0.15, 0.2) is 0 Å². The Morgan fingerprint density at radius 1 is 1.29 bits per heavy atom. The molecule has 4 N–H and O–H groups in total. The van der Waals surface area contributed by atoms with Gasteiger partial charge in [0, 0.05) is 31.1 Å². The summed E-state index contributed by atoms with van der Waals surface area (Å²) in [4.78, 5) is 7.94. The zero-order valence-corrected chi connectivity index (χ0v) is 12.1. The van der Waals surface area contributed by atoms with Crippen molar-refractivity contribution in [3.63, 3.8) is 0 Å². The predicted octanol–water partition coefficient (Wildman–Crippen LogP) is 0.249. The summed E-state index contributed by atoms with van der Waals surface area (Å²) in [5.74, 6) is 5.94. The number of nitrogens with one attached hydrogen (secondary N) is 2. The molecule has 0 unspecified atom stereocenters. The van der Waals surface area contributed by atoms with Gasteiger partial charge in [-0.05, 0) is 11.6 Å². The standard InChI is InChI=1S/C12H15N5O3S/c1-20-12-3-2-9(7-15-12)8-16-21(18,19)10-4-5-14-11(6-10)17-13/h2-7,16H,8,13H2,1H3,(H,14,17). The topological polar surface area (TPSA) is 119 Å². The Bertz CT molecular complexity index is 703. The van der Waals surface area contributed by atoms with Crippen molar-refractivity contribution in [3.05, 3.63) is 42.2 Å². The zero-order valence-electron chi connectivity index (χ0n) is 11.3. The van der Waals surface area contributed by atoms with Crippen LogP contribution in [0.15, 0.2) is 41.6 Å². The molecule has 0 aliphatic heterocycles. The van der Waals surface area contributed by atoms with Gasteiger partial charge in [-0.1, -0.05) is 6.07 Å². The van der Waals surface area contributed by atoms with Crippen LogP contribution in [0.2, 0.25) is 0 Å². The first kappa shape index (κ1) is 15.2. The second-order valence-electron chi connectivity index (χ2n) is 4.05. The van der Waals surface area contributed by atoms with Crippen LogP contribution in [0.4, 0.5) is 5.82 Å². The number of ether oxygens (including phenoxy) is 1. The minimum absolute atomic E-state index is 0.0759. The molecular formula is C12H15N5O3S. The SMILES string of the molecule is COc1ccc(CNS(=O)(=O)c2ccnc(NN)c2)cn1. The van der Waals surface area contributed by atoms with E-state index < -0.39 is 10.0 Å². The predicted molar refractivity (Wildman–Crippen MR) is 76.9 cm³/mol. The van der Waals surface area contributed by atoms with Crippen molar-refractivity contribution >= 4 is 15.8 Å². The van der Waals surface area contributed by atoms with Gasteiger partial charge in [0.2, 0.25) is 15.9 Å². The van der Waals surface area contributed by atoms with Crippen molar-refractivity contribution in [2.75, 3.05) is 12.5 Å². The summed E-state index contributed by atoms with van der Waals surface area (Å²) < 4.78 is 31.7. The summed E-state index contributed by atoms with van der Waals surface area (Å²) in [6.07, 6.45) is 2.90. The molecule has 0 saturated carbocycles. The maximum atomic E-state index is 12.1. The summed E-state index contributed by atoms with van der Waals surface area (Å²) in [5, 5.41) is 0. The molecule has 2 aromatic rings. The average molecular weight is 309 g/mol. The highest BCUT2D eigenvalue weighted by atomic mass is 32.2. The van der Waals surface area contributed by atoms with Crippen LogP contribution in [0.25, 0.3) is 0 Å². The first-order chi connectivity index (χ1) is 10.0. The van der Waals surface area contributed by atoms with Crippen LogP contribution in [-0.4, -0.2) is 25.5 Å². The van der Waals surface area contributed by atoms with Gasteiger partial charge in [0.05, 0.1) is 12.0 Å². The van der Waals surface area contributed by atoms with E-state index >= 15 is 0 Å². The number of hydrogen-bond donors (Lipinski definition) is 3. The largest absolute Gasteiger partial charge is 0.481 e. The number of nitrogen functional groups attached to an aromatic ring is 1. The van der Waals surface area contributed by atoms with Gasteiger partial charge in [-0.15, -0.1) is 0 Å². The van der Waals surface area contributed by atoms with E-state index in [0.717, 1.165) is 0 Å². The molecule has 2 heterocycles. The molecule has 0 aliphatic rings. The number of aromatic nitrogens is 2. The van der Waals surface area contributed by atoms with Crippen molar-refractivity contribution in [1.29, 1.82) is 0 Å². The fourth-order valence-corrected chi connectivity index (χ4v) is 2.59. The Morgan fingerprint density at radius 2 is 2.10 bits per heavy atom. The molecule has 0 aromatic carbocycles. The van der Waals surface area contributed by atoms with Gasteiger partial charge in [-0.2, -0.15) is 0 Å². The third kappa shape index (κ3) is 3.88. The first-order valence-corrected chi connectivity index (χ1v) is 7.45. The Morgan fingerprint density at radius 3 is 2.71 bits per heavy atom. The normalized spacial score (nSPS) is 11.1. The lowest BCUT2D eigenvalue weighted by atomic mass is 10.3. The third-order valence-electron chi connectivity index (χ3n) is 2.66. The van der Waals surface area contributed by atoms with E-state index in [0.29, 0.717) is 11.4 Å². The quantitative estimate of drug-likeness (QED) is 0.517. The molecule has 0 fully saturated rings. The molecule has 0 saturated heterocycles. The molecule has 21 heavy (non-hydrogen) atoms. The molecule has 8 nitrogen and oxygen atoms in total. The van der Waals surface area contributed by atoms with E-state index in [9.17, 15) is 8.42 Å². The molecular weight excluding hydrogens is 294 g/mol. The molecule has 112 valence electrons. The molecule has 9 heteroatoms. The van der Waals surface area contributed by atoms with E-state index in [1.807, 2.05) is 0 Å². The van der Waals surface area contributed by atoms with E-state index in [4.69, 9.17) is 10.6 Å². The highest BCUT2D eigenvalue weighted by Gasteiger charge is 2.14. The lowest BCUT2D eigenvalue weighted by Crippen LogP contribution is -2.23. The van der Waals surface area contributed by atoms with Crippen LogP contribution >= 0.6 is 0 Å². The second kappa shape index (κ2) is 6.48. The van der Waals surface area contributed by atoms with Crippen LogP contribution in [0, 0.1) is 0 Å². The van der Waals surface area contributed by atoms with Crippen molar-refractivity contribution in [2.24, 2.45) is 5.84 Å². The Kier molecular flexibility index (Phi) is 4.68. The molecule has 0 spiro atoms. The third-order valence-corrected chi connectivity index (χ3v) is 4.06. The monoisotopic (exact) mass is 309 g/mol. The molecule has 0 bridgehead atoms. The van der Waals surface area contributed by atoms with Crippen molar-refractivity contribution in [2.45, 2.75) is 11.4 Å². The summed E-state index contributed by atoms with van der Waals surface area (Å²) in [5.41, 5.74) is 3.01. The van der Waals surface area contributed by atoms with Crippen molar-refractivity contribution in [1.82, 2.24) is 14.7 Å². The van der Waals surface area contributed by atoms with Gasteiger partial charge >= 0.3 is 0 Å². The molecule has 2 rings (SSSR count). The number of anilines is 1. The van der Waals surface area contributed by atoms with E-state index in [2.05, 4.69) is 20.1 Å². The molecule has 0 radical (unpaired) electrons. The number of pyridine rings is 2. The number of nitrogens with two attached hydrogens (primary N) is 1. The smallest absolute Gasteiger partial charge is 0.241 e. The van der Waals surface area contributed by atoms with Crippen LogP contribution in [-0.2, 0) is 16.6 Å². The number of rotatable bonds is 6. The number of hydrazine groups is 1. The molecule has 0 aliphatic carbocycles. The first-order valence-electron chi connectivity index (χ1n) is 5.96. The number of hydrogen-bond acceptors (Lipinski definition) is 7. The van der Waals surface area contributed by atoms with E-state index in [-0.39, 0.29) is 17.3 Å². The van der Waals surface area contributed by atoms with Crippen LogP contribution in [0.1, 0.15) is 5.56 Å². The maximum absolute atomic E-state index is 12.1. The van der Waals surface area contributed by atoms with E-state index in [1.54, 1.807) is 18.3 Å². The van der Waals surface area contributed by atoms with Gasteiger partial charge in [-0.3, -0.25) is 0 Å². The van der Waals surface area contributed by atoms with Crippen LogP contribution in [0.3, 0.4) is 0 Å². The fourth-order valence-electron chi connectivity index (χ4n) is 1.56. The molecule has 2 aromatic heterocycles. The summed E-state index contributed by atoms with van der Waals surface area (Å²) >= 11 is 0. The lowest BCUT2D eigenvalue weighted by molar-refractivity contribution is 0.397. The minimum atomic E-state index is -3.65. The lowest BCUT2D eigenvalue weighted by Gasteiger charge is -2.08. The van der Waals surface area contributed by atoms with E-state index in [1.165, 1.54) is 25.4 Å². The molecule has 0 atom stereocenters. The van der Waals surface area contributed by atoms with Gasteiger partial charge in [0.1, 0.15) is 5.82 Å². The highest BCUT2D eigenvalue weighted by molar-refractivity contribution is 7.89. The fraction of sp³-hybridized carbons (Fsp3) is 0.167. The minimum Gasteiger partial charge on any atom is -0.481 e. The second-order valence-corrected chi connectivity index (χ2v) is 5.82. The van der Waals surface area contributed by atoms with Gasteiger partial charge < -0.3 is 10.2 Å². The number of nitrogens with zero attached hydrogens (tertiary/aromatic N) is 2.